The SMILES string of the molecule is COc1ccc(-c2csc3nc(C)nc(N[C@@H]4CCS(=O)(=O)C4)c23)cc1OC. The van der Waals surface area contributed by atoms with E-state index in [-0.39, 0.29) is 17.5 Å². The number of thiophene rings is 1. The van der Waals surface area contributed by atoms with Crippen molar-refractivity contribution in [2.24, 2.45) is 0 Å². The molecule has 0 amide bonds. The molecule has 0 saturated carbocycles. The fourth-order valence-corrected chi connectivity index (χ4v) is 6.14. The Balaban J connectivity index is 1.80. The van der Waals surface area contributed by atoms with Crippen LogP contribution in [0.2, 0.25) is 0 Å². The van der Waals surface area contributed by atoms with Gasteiger partial charge in [0.1, 0.15) is 16.5 Å². The normalized spacial score (nSPS) is 18.3. The number of methoxy groups -OCH3 is 2. The minimum absolute atomic E-state index is 0.132. The first-order valence-electron chi connectivity index (χ1n) is 8.85. The predicted octanol–water partition coefficient (Wildman–Crippen LogP) is 3.28. The summed E-state index contributed by atoms with van der Waals surface area (Å²) in [5.41, 5.74) is 1.93. The summed E-state index contributed by atoms with van der Waals surface area (Å²) in [6.45, 7) is 1.84. The first-order valence-corrected chi connectivity index (χ1v) is 11.6. The highest BCUT2D eigenvalue weighted by Crippen LogP contribution is 2.40. The van der Waals surface area contributed by atoms with E-state index in [2.05, 4.69) is 15.3 Å². The lowest BCUT2D eigenvalue weighted by Gasteiger charge is -2.14. The van der Waals surface area contributed by atoms with Gasteiger partial charge in [-0.15, -0.1) is 11.3 Å². The molecular formula is C19H21N3O4S2. The van der Waals surface area contributed by atoms with Crippen molar-refractivity contribution < 1.29 is 17.9 Å². The first kappa shape index (κ1) is 18.9. The Morgan fingerprint density at radius 2 is 1.96 bits per heavy atom. The molecule has 1 N–H and O–H groups in total. The molecule has 0 radical (unpaired) electrons. The number of sulfone groups is 1. The zero-order valence-electron chi connectivity index (χ0n) is 15.9. The highest BCUT2D eigenvalue weighted by Gasteiger charge is 2.29. The average molecular weight is 420 g/mol. The first-order chi connectivity index (χ1) is 13.4. The molecule has 1 atom stereocenters. The number of hydrogen-bond acceptors (Lipinski definition) is 8. The summed E-state index contributed by atoms with van der Waals surface area (Å²) in [5.74, 6) is 2.97. The van der Waals surface area contributed by atoms with Gasteiger partial charge in [-0.1, -0.05) is 6.07 Å². The van der Waals surface area contributed by atoms with Crippen molar-refractivity contribution in [3.05, 3.63) is 29.4 Å². The molecule has 7 nitrogen and oxygen atoms in total. The average Bonchev–Trinajstić information content (AvgIpc) is 3.23. The third-order valence-corrected chi connectivity index (χ3v) is 7.45. The van der Waals surface area contributed by atoms with Crippen LogP contribution in [0, 0.1) is 6.92 Å². The molecule has 1 aromatic carbocycles. The molecule has 2 aromatic heterocycles. The van der Waals surface area contributed by atoms with Gasteiger partial charge in [0.15, 0.2) is 21.3 Å². The number of nitrogens with one attached hydrogen (secondary N) is 1. The van der Waals surface area contributed by atoms with E-state index in [1.165, 1.54) is 11.3 Å². The molecule has 0 unspecified atom stereocenters. The number of fused-ring (bicyclic) bond motifs is 1. The van der Waals surface area contributed by atoms with Crippen LogP contribution in [0.3, 0.4) is 0 Å². The standard InChI is InChI=1S/C19H21N3O4S2/c1-11-20-18(22-13-6-7-28(23,24)10-13)17-14(9-27-19(17)21-11)12-4-5-15(25-2)16(8-12)26-3/h4-5,8-9,13H,6-7,10H2,1-3H3,(H,20,21,22)/t13-/m1/s1. The van der Waals surface area contributed by atoms with Crippen LogP contribution < -0.4 is 14.8 Å². The molecule has 28 heavy (non-hydrogen) atoms. The van der Waals surface area contributed by atoms with Gasteiger partial charge in [0, 0.05) is 17.0 Å². The lowest BCUT2D eigenvalue weighted by Crippen LogP contribution is -2.21. The quantitative estimate of drug-likeness (QED) is 0.679. The van der Waals surface area contributed by atoms with Gasteiger partial charge in [0.25, 0.3) is 0 Å². The molecular weight excluding hydrogens is 398 g/mol. The van der Waals surface area contributed by atoms with Gasteiger partial charge in [-0.05, 0) is 31.0 Å². The Bertz CT molecular complexity index is 1140. The van der Waals surface area contributed by atoms with E-state index in [9.17, 15) is 8.42 Å². The van der Waals surface area contributed by atoms with E-state index in [0.29, 0.717) is 29.6 Å². The molecule has 1 saturated heterocycles. The van der Waals surface area contributed by atoms with E-state index in [0.717, 1.165) is 21.3 Å². The Morgan fingerprint density at radius 1 is 1.18 bits per heavy atom. The number of rotatable bonds is 5. The van der Waals surface area contributed by atoms with Crippen molar-refractivity contribution in [1.29, 1.82) is 0 Å². The second-order valence-electron chi connectivity index (χ2n) is 6.76. The summed E-state index contributed by atoms with van der Waals surface area (Å²) in [7, 11) is 0.229. The van der Waals surface area contributed by atoms with E-state index >= 15 is 0 Å². The summed E-state index contributed by atoms with van der Waals surface area (Å²) >= 11 is 1.54. The molecule has 1 aliphatic rings. The van der Waals surface area contributed by atoms with Crippen molar-refractivity contribution in [3.63, 3.8) is 0 Å². The Kier molecular flexibility index (Phi) is 4.88. The fraction of sp³-hybridized carbons (Fsp3) is 0.368. The number of aryl methyl sites for hydroxylation is 1. The van der Waals surface area contributed by atoms with Crippen LogP contribution in [-0.4, -0.2) is 50.2 Å². The molecule has 148 valence electrons. The second-order valence-corrected chi connectivity index (χ2v) is 9.85. The summed E-state index contributed by atoms with van der Waals surface area (Å²) in [4.78, 5) is 10.00. The van der Waals surface area contributed by atoms with Crippen LogP contribution >= 0.6 is 11.3 Å². The maximum atomic E-state index is 11.8. The number of ether oxygens (including phenoxy) is 2. The van der Waals surface area contributed by atoms with Crippen LogP contribution in [0.15, 0.2) is 23.6 Å². The van der Waals surface area contributed by atoms with Gasteiger partial charge >= 0.3 is 0 Å². The van der Waals surface area contributed by atoms with Crippen molar-refractivity contribution >= 4 is 37.2 Å². The van der Waals surface area contributed by atoms with Gasteiger partial charge in [-0.25, -0.2) is 18.4 Å². The highest BCUT2D eigenvalue weighted by molar-refractivity contribution is 7.91. The molecule has 0 bridgehead atoms. The van der Waals surface area contributed by atoms with Crippen molar-refractivity contribution in [1.82, 2.24) is 9.97 Å². The zero-order valence-corrected chi connectivity index (χ0v) is 17.5. The number of nitrogens with zero attached hydrogens (tertiary/aromatic N) is 2. The van der Waals surface area contributed by atoms with Gasteiger partial charge in [-0.3, -0.25) is 0 Å². The van der Waals surface area contributed by atoms with Crippen LogP contribution in [0.4, 0.5) is 5.82 Å². The summed E-state index contributed by atoms with van der Waals surface area (Å²) < 4.78 is 34.4. The largest absolute Gasteiger partial charge is 0.493 e. The minimum Gasteiger partial charge on any atom is -0.493 e. The highest BCUT2D eigenvalue weighted by atomic mass is 32.2. The smallest absolute Gasteiger partial charge is 0.161 e. The number of benzene rings is 1. The predicted molar refractivity (Wildman–Crippen MR) is 111 cm³/mol. The van der Waals surface area contributed by atoms with E-state index in [1.807, 2.05) is 30.5 Å². The Hall–Kier alpha value is -2.39. The number of aromatic nitrogens is 2. The molecule has 0 spiro atoms. The van der Waals surface area contributed by atoms with Crippen molar-refractivity contribution in [3.8, 4) is 22.6 Å². The lowest BCUT2D eigenvalue weighted by atomic mass is 10.0. The van der Waals surface area contributed by atoms with Crippen molar-refractivity contribution in [2.45, 2.75) is 19.4 Å². The molecule has 1 fully saturated rings. The molecule has 3 aromatic rings. The monoisotopic (exact) mass is 419 g/mol. The third-order valence-electron chi connectivity index (χ3n) is 4.81. The third kappa shape index (κ3) is 3.51. The van der Waals surface area contributed by atoms with Crippen LogP contribution in [-0.2, 0) is 9.84 Å². The summed E-state index contributed by atoms with van der Waals surface area (Å²) in [6.07, 6.45) is 0.586. The van der Waals surface area contributed by atoms with E-state index in [1.54, 1.807) is 14.2 Å². The molecule has 1 aliphatic heterocycles. The molecule has 9 heteroatoms. The maximum absolute atomic E-state index is 11.8. The van der Waals surface area contributed by atoms with Gasteiger partial charge in [0.2, 0.25) is 0 Å². The topological polar surface area (TPSA) is 90.4 Å². The molecule has 0 aliphatic carbocycles. The van der Waals surface area contributed by atoms with Gasteiger partial charge < -0.3 is 14.8 Å². The zero-order chi connectivity index (χ0) is 19.9. The van der Waals surface area contributed by atoms with Gasteiger partial charge in [-0.2, -0.15) is 0 Å². The molecule has 4 rings (SSSR count). The minimum atomic E-state index is -2.98. The van der Waals surface area contributed by atoms with Gasteiger partial charge in [0.05, 0.1) is 31.1 Å². The number of hydrogen-bond donors (Lipinski definition) is 1. The van der Waals surface area contributed by atoms with Crippen molar-refractivity contribution in [2.75, 3.05) is 31.0 Å². The number of anilines is 1. The lowest BCUT2D eigenvalue weighted by molar-refractivity contribution is 0.355. The summed E-state index contributed by atoms with van der Waals surface area (Å²) in [5, 5.41) is 6.28. The van der Waals surface area contributed by atoms with Crippen LogP contribution in [0.25, 0.3) is 21.3 Å². The Morgan fingerprint density at radius 3 is 2.64 bits per heavy atom. The van der Waals surface area contributed by atoms with E-state index in [4.69, 9.17) is 9.47 Å². The maximum Gasteiger partial charge on any atom is 0.161 e. The second kappa shape index (κ2) is 7.21. The fourth-order valence-electron chi connectivity index (χ4n) is 3.47. The summed E-state index contributed by atoms with van der Waals surface area (Å²) in [6, 6.07) is 5.61. The van der Waals surface area contributed by atoms with Crippen LogP contribution in [0.5, 0.6) is 11.5 Å². The van der Waals surface area contributed by atoms with Crippen LogP contribution in [0.1, 0.15) is 12.2 Å². The Labute approximate surface area is 167 Å². The van der Waals surface area contributed by atoms with E-state index < -0.39 is 9.84 Å². The molecule has 3 heterocycles.